The first kappa shape index (κ1) is 12.3. The van der Waals surface area contributed by atoms with Crippen molar-refractivity contribution in [3.63, 3.8) is 0 Å². The first-order chi connectivity index (χ1) is 8.65. The van der Waals surface area contributed by atoms with Gasteiger partial charge in [-0.05, 0) is 19.4 Å². The van der Waals surface area contributed by atoms with Gasteiger partial charge in [0.05, 0.1) is 7.11 Å². The number of nitrogens with one attached hydrogen (secondary N) is 1. The summed E-state index contributed by atoms with van der Waals surface area (Å²) in [4.78, 5) is 23.2. The molecule has 2 heterocycles. The normalized spacial score (nSPS) is 10.4. The molecule has 0 aliphatic rings. The molecule has 0 aliphatic heterocycles. The van der Waals surface area contributed by atoms with E-state index in [2.05, 4.69) is 15.0 Å². The van der Waals surface area contributed by atoms with Crippen LogP contribution in [-0.4, -0.2) is 22.1 Å². The van der Waals surface area contributed by atoms with Gasteiger partial charge in [-0.1, -0.05) is 13.0 Å². The summed E-state index contributed by atoms with van der Waals surface area (Å²) in [6, 6.07) is 5.34. The van der Waals surface area contributed by atoms with E-state index in [1.54, 1.807) is 19.2 Å². The third kappa shape index (κ3) is 2.25. The lowest BCUT2D eigenvalue weighted by molar-refractivity contribution is 0.398. The molecule has 0 saturated heterocycles. The van der Waals surface area contributed by atoms with Crippen LogP contribution in [0.4, 0.5) is 0 Å². The molecule has 5 nitrogen and oxygen atoms in total. The summed E-state index contributed by atoms with van der Waals surface area (Å²) >= 11 is 0. The van der Waals surface area contributed by atoms with Crippen LogP contribution >= 0.6 is 0 Å². The van der Waals surface area contributed by atoms with Gasteiger partial charge in [-0.15, -0.1) is 0 Å². The number of pyridine rings is 1. The van der Waals surface area contributed by atoms with Crippen LogP contribution in [0.5, 0.6) is 5.88 Å². The Kier molecular flexibility index (Phi) is 3.41. The SMILES string of the molecule is CCc1c(C)nc(-c2cccc(OC)n2)[nH]c1=O. The number of hydrogen-bond donors (Lipinski definition) is 1. The van der Waals surface area contributed by atoms with Crippen molar-refractivity contribution in [2.24, 2.45) is 0 Å². The molecule has 2 aromatic heterocycles. The number of ether oxygens (including phenoxy) is 1. The number of aromatic nitrogens is 3. The topological polar surface area (TPSA) is 67.9 Å². The van der Waals surface area contributed by atoms with E-state index in [1.807, 2.05) is 19.9 Å². The fourth-order valence-electron chi connectivity index (χ4n) is 1.81. The minimum Gasteiger partial charge on any atom is -0.481 e. The van der Waals surface area contributed by atoms with Crippen LogP contribution in [0, 0.1) is 6.92 Å². The van der Waals surface area contributed by atoms with E-state index in [-0.39, 0.29) is 5.56 Å². The zero-order valence-electron chi connectivity index (χ0n) is 10.7. The molecule has 1 N–H and O–H groups in total. The van der Waals surface area contributed by atoms with Crippen molar-refractivity contribution in [3.8, 4) is 17.4 Å². The molecular weight excluding hydrogens is 230 g/mol. The summed E-state index contributed by atoms with van der Waals surface area (Å²) in [7, 11) is 1.55. The van der Waals surface area contributed by atoms with Gasteiger partial charge < -0.3 is 9.72 Å². The quantitative estimate of drug-likeness (QED) is 0.893. The Labute approximate surface area is 105 Å². The van der Waals surface area contributed by atoms with E-state index in [9.17, 15) is 4.79 Å². The average Bonchev–Trinajstić information content (AvgIpc) is 2.38. The number of methoxy groups -OCH3 is 1. The standard InChI is InChI=1S/C13H15N3O2/c1-4-9-8(2)14-12(16-13(9)17)10-6-5-7-11(15-10)18-3/h5-7H,4H2,1-3H3,(H,14,16,17). The molecule has 5 heteroatoms. The molecule has 0 bridgehead atoms. The first-order valence-corrected chi connectivity index (χ1v) is 5.77. The minimum atomic E-state index is -0.107. The van der Waals surface area contributed by atoms with E-state index in [0.717, 1.165) is 5.69 Å². The Bertz CT molecular complexity index is 620. The predicted molar refractivity (Wildman–Crippen MR) is 68.8 cm³/mol. The largest absolute Gasteiger partial charge is 0.481 e. The van der Waals surface area contributed by atoms with Gasteiger partial charge in [-0.2, -0.15) is 0 Å². The van der Waals surface area contributed by atoms with Crippen molar-refractivity contribution in [3.05, 3.63) is 39.8 Å². The number of nitrogens with zero attached hydrogens (tertiary/aromatic N) is 2. The van der Waals surface area contributed by atoms with Gasteiger partial charge in [0.1, 0.15) is 5.69 Å². The monoisotopic (exact) mass is 245 g/mol. The molecule has 2 rings (SSSR count). The van der Waals surface area contributed by atoms with Gasteiger partial charge in [0.15, 0.2) is 5.82 Å². The second kappa shape index (κ2) is 5.00. The Balaban J connectivity index is 2.54. The van der Waals surface area contributed by atoms with Crippen LogP contribution < -0.4 is 10.3 Å². The molecule has 0 unspecified atom stereocenters. The lowest BCUT2D eigenvalue weighted by Crippen LogP contribution is -2.17. The van der Waals surface area contributed by atoms with Gasteiger partial charge in [0.2, 0.25) is 5.88 Å². The Morgan fingerprint density at radius 1 is 1.33 bits per heavy atom. The zero-order valence-corrected chi connectivity index (χ0v) is 10.7. The second-order valence-electron chi connectivity index (χ2n) is 3.90. The molecule has 0 radical (unpaired) electrons. The maximum absolute atomic E-state index is 11.9. The number of hydrogen-bond acceptors (Lipinski definition) is 4. The van der Waals surface area contributed by atoms with Crippen molar-refractivity contribution >= 4 is 0 Å². The lowest BCUT2D eigenvalue weighted by atomic mass is 10.2. The molecule has 0 aliphatic carbocycles. The molecule has 0 spiro atoms. The summed E-state index contributed by atoms with van der Waals surface area (Å²) in [5, 5.41) is 0. The smallest absolute Gasteiger partial charge is 0.254 e. The van der Waals surface area contributed by atoms with Crippen LogP contribution in [0.2, 0.25) is 0 Å². The van der Waals surface area contributed by atoms with E-state index in [4.69, 9.17) is 4.74 Å². The van der Waals surface area contributed by atoms with Gasteiger partial charge >= 0.3 is 0 Å². The number of H-pyrrole nitrogens is 1. The first-order valence-electron chi connectivity index (χ1n) is 5.77. The van der Waals surface area contributed by atoms with Crippen LogP contribution in [-0.2, 0) is 6.42 Å². The Morgan fingerprint density at radius 3 is 2.72 bits per heavy atom. The van der Waals surface area contributed by atoms with Gasteiger partial charge in [0, 0.05) is 17.3 Å². The molecule has 0 saturated carbocycles. The summed E-state index contributed by atoms with van der Waals surface area (Å²) in [6.07, 6.45) is 0.667. The highest BCUT2D eigenvalue weighted by atomic mass is 16.5. The van der Waals surface area contributed by atoms with Crippen molar-refractivity contribution in [2.75, 3.05) is 7.11 Å². The summed E-state index contributed by atoms with van der Waals surface area (Å²) < 4.78 is 5.05. The molecule has 18 heavy (non-hydrogen) atoms. The maximum Gasteiger partial charge on any atom is 0.254 e. The minimum absolute atomic E-state index is 0.107. The van der Waals surface area contributed by atoms with Crippen molar-refractivity contribution in [1.82, 2.24) is 15.0 Å². The number of rotatable bonds is 3. The predicted octanol–water partition coefficient (Wildman–Crippen LogP) is 1.71. The molecule has 2 aromatic rings. The molecule has 0 atom stereocenters. The van der Waals surface area contributed by atoms with Gasteiger partial charge in [0.25, 0.3) is 5.56 Å². The van der Waals surface area contributed by atoms with E-state index >= 15 is 0 Å². The Hall–Kier alpha value is -2.17. The van der Waals surface area contributed by atoms with Crippen LogP contribution in [0.1, 0.15) is 18.2 Å². The highest BCUT2D eigenvalue weighted by molar-refractivity contribution is 5.50. The fourth-order valence-corrected chi connectivity index (χ4v) is 1.81. The maximum atomic E-state index is 11.9. The van der Waals surface area contributed by atoms with Crippen LogP contribution in [0.3, 0.4) is 0 Å². The average molecular weight is 245 g/mol. The van der Waals surface area contributed by atoms with Crippen LogP contribution in [0.25, 0.3) is 11.5 Å². The summed E-state index contributed by atoms with van der Waals surface area (Å²) in [6.45, 7) is 3.76. The van der Waals surface area contributed by atoms with Crippen molar-refractivity contribution < 1.29 is 4.74 Å². The fraction of sp³-hybridized carbons (Fsp3) is 0.308. The lowest BCUT2D eigenvalue weighted by Gasteiger charge is -2.06. The second-order valence-corrected chi connectivity index (χ2v) is 3.90. The van der Waals surface area contributed by atoms with E-state index in [0.29, 0.717) is 29.4 Å². The number of aryl methyl sites for hydroxylation is 1. The van der Waals surface area contributed by atoms with Crippen molar-refractivity contribution in [1.29, 1.82) is 0 Å². The van der Waals surface area contributed by atoms with Gasteiger partial charge in [-0.25, -0.2) is 9.97 Å². The molecule has 0 aromatic carbocycles. The molecule has 0 amide bonds. The summed E-state index contributed by atoms with van der Waals surface area (Å²) in [5.74, 6) is 0.959. The molecule has 0 fully saturated rings. The Morgan fingerprint density at radius 2 is 2.11 bits per heavy atom. The highest BCUT2D eigenvalue weighted by Gasteiger charge is 2.09. The third-order valence-electron chi connectivity index (χ3n) is 2.75. The van der Waals surface area contributed by atoms with E-state index < -0.39 is 0 Å². The van der Waals surface area contributed by atoms with Crippen molar-refractivity contribution in [2.45, 2.75) is 20.3 Å². The van der Waals surface area contributed by atoms with Gasteiger partial charge in [-0.3, -0.25) is 4.79 Å². The van der Waals surface area contributed by atoms with E-state index in [1.165, 1.54) is 0 Å². The molecule has 94 valence electrons. The third-order valence-corrected chi connectivity index (χ3v) is 2.75. The van der Waals surface area contributed by atoms with Crippen LogP contribution in [0.15, 0.2) is 23.0 Å². The highest BCUT2D eigenvalue weighted by Crippen LogP contribution is 2.15. The summed E-state index contributed by atoms with van der Waals surface area (Å²) in [5.41, 5.74) is 1.93. The number of aromatic amines is 1. The zero-order chi connectivity index (χ0) is 13.1. The molecular formula is C13H15N3O2.